The van der Waals surface area contributed by atoms with E-state index in [0.717, 1.165) is 18.4 Å². The monoisotopic (exact) mass is 276 g/mol. The average molecular weight is 276 g/mol. The van der Waals surface area contributed by atoms with Gasteiger partial charge >= 0.3 is 5.97 Å². The molecule has 0 radical (unpaired) electrons. The highest BCUT2D eigenvalue weighted by Crippen LogP contribution is 2.30. The minimum Gasteiger partial charge on any atom is -0.480 e. The van der Waals surface area contributed by atoms with Crippen molar-refractivity contribution in [2.75, 3.05) is 13.6 Å². The molecule has 0 saturated heterocycles. The zero-order valence-electron chi connectivity index (χ0n) is 12.5. The molecule has 0 bridgehead atoms. The van der Waals surface area contributed by atoms with Crippen molar-refractivity contribution in [3.05, 3.63) is 35.9 Å². The molecule has 1 unspecified atom stereocenters. The second kappa shape index (κ2) is 5.94. The molecular formula is C16H24N2O2. The van der Waals surface area contributed by atoms with Crippen molar-refractivity contribution in [1.29, 1.82) is 0 Å². The summed E-state index contributed by atoms with van der Waals surface area (Å²) in [6.45, 7) is 4.62. The van der Waals surface area contributed by atoms with Crippen LogP contribution in [0.15, 0.2) is 30.3 Å². The molecule has 2 N–H and O–H groups in total. The molecule has 20 heavy (non-hydrogen) atoms. The largest absolute Gasteiger partial charge is 0.480 e. The lowest BCUT2D eigenvalue weighted by Gasteiger charge is -2.36. The van der Waals surface area contributed by atoms with Crippen molar-refractivity contribution < 1.29 is 9.90 Å². The first-order chi connectivity index (χ1) is 9.45. The second-order valence-electron chi connectivity index (χ2n) is 6.00. The van der Waals surface area contributed by atoms with Crippen LogP contribution >= 0.6 is 0 Å². The summed E-state index contributed by atoms with van der Waals surface area (Å²) in [5, 5.41) is 13.3. The molecule has 0 amide bonds. The third-order valence-electron chi connectivity index (χ3n) is 4.03. The number of benzene rings is 1. The molecule has 4 heteroatoms. The number of nitrogens with zero attached hydrogens (tertiary/aromatic N) is 1. The van der Waals surface area contributed by atoms with Gasteiger partial charge in [0, 0.05) is 18.6 Å². The molecule has 1 saturated carbocycles. The van der Waals surface area contributed by atoms with E-state index in [1.54, 1.807) is 0 Å². The highest BCUT2D eigenvalue weighted by atomic mass is 16.4. The summed E-state index contributed by atoms with van der Waals surface area (Å²) >= 11 is 0. The molecule has 0 aliphatic heterocycles. The fourth-order valence-corrected chi connectivity index (χ4v) is 2.33. The zero-order chi connectivity index (χ0) is 14.8. The number of carboxylic acid groups (broad SMARTS) is 1. The van der Waals surface area contributed by atoms with Crippen molar-refractivity contribution in [3.63, 3.8) is 0 Å². The second-order valence-corrected chi connectivity index (χ2v) is 6.00. The van der Waals surface area contributed by atoms with Crippen LogP contribution in [0.1, 0.15) is 32.3 Å². The number of hydrogen-bond donors (Lipinski definition) is 2. The predicted molar refractivity (Wildman–Crippen MR) is 79.7 cm³/mol. The van der Waals surface area contributed by atoms with Crippen LogP contribution < -0.4 is 5.32 Å². The van der Waals surface area contributed by atoms with Crippen LogP contribution in [0.4, 0.5) is 0 Å². The molecular weight excluding hydrogens is 252 g/mol. The number of aliphatic carboxylic acids is 1. The van der Waals surface area contributed by atoms with Gasteiger partial charge in [-0.1, -0.05) is 30.3 Å². The average Bonchev–Trinajstić information content (AvgIpc) is 3.22. The Labute approximate surface area is 120 Å². The third kappa shape index (κ3) is 3.19. The molecule has 1 fully saturated rings. The Morgan fingerprint density at radius 1 is 1.40 bits per heavy atom. The van der Waals surface area contributed by atoms with Gasteiger partial charge in [0.2, 0.25) is 0 Å². The Morgan fingerprint density at radius 3 is 2.45 bits per heavy atom. The van der Waals surface area contributed by atoms with E-state index < -0.39 is 11.5 Å². The van der Waals surface area contributed by atoms with Crippen molar-refractivity contribution in [1.82, 2.24) is 10.2 Å². The number of carboxylic acids is 1. The molecule has 0 spiro atoms. The molecule has 0 heterocycles. The normalized spacial score (nSPS) is 18.2. The summed E-state index contributed by atoms with van der Waals surface area (Å²) in [5.74, 6) is -0.803. The van der Waals surface area contributed by atoms with Gasteiger partial charge in [0.1, 0.15) is 0 Å². The van der Waals surface area contributed by atoms with Crippen LogP contribution in [0.25, 0.3) is 0 Å². The van der Waals surface area contributed by atoms with E-state index in [0.29, 0.717) is 18.6 Å². The van der Waals surface area contributed by atoms with Gasteiger partial charge in [0.25, 0.3) is 0 Å². The SMILES string of the molecule is CC(C)N(C)CC(NC1CC1)(C(=O)O)c1ccccc1. The van der Waals surface area contributed by atoms with E-state index in [2.05, 4.69) is 24.1 Å². The van der Waals surface area contributed by atoms with Crippen LogP contribution in [0.3, 0.4) is 0 Å². The Morgan fingerprint density at radius 2 is 2.00 bits per heavy atom. The number of likely N-dealkylation sites (N-methyl/N-ethyl adjacent to an activating group) is 1. The number of rotatable bonds is 7. The van der Waals surface area contributed by atoms with Crippen LogP contribution in [0.2, 0.25) is 0 Å². The molecule has 4 nitrogen and oxygen atoms in total. The smallest absolute Gasteiger partial charge is 0.329 e. The minimum atomic E-state index is -1.03. The van der Waals surface area contributed by atoms with Crippen molar-refractivity contribution >= 4 is 5.97 Å². The van der Waals surface area contributed by atoms with E-state index in [1.165, 1.54) is 0 Å². The summed E-state index contributed by atoms with van der Waals surface area (Å²) in [7, 11) is 1.97. The van der Waals surface area contributed by atoms with Gasteiger partial charge < -0.3 is 10.0 Å². The number of hydrogen-bond acceptors (Lipinski definition) is 3. The Bertz CT molecular complexity index is 457. The van der Waals surface area contributed by atoms with Crippen LogP contribution in [-0.4, -0.2) is 41.7 Å². The first kappa shape index (κ1) is 15.0. The summed E-state index contributed by atoms with van der Waals surface area (Å²) in [5.41, 5.74) is -0.201. The standard InChI is InChI=1S/C16H24N2O2/c1-12(2)18(3)11-16(15(19)20,17-14-9-10-14)13-7-5-4-6-8-13/h4-8,12,14,17H,9-11H2,1-3H3,(H,19,20). The fraction of sp³-hybridized carbons (Fsp3) is 0.562. The van der Waals surface area contributed by atoms with E-state index in [4.69, 9.17) is 0 Å². The molecule has 1 aliphatic carbocycles. The molecule has 1 aromatic carbocycles. The van der Waals surface area contributed by atoms with E-state index >= 15 is 0 Å². The van der Waals surface area contributed by atoms with Gasteiger partial charge in [-0.05, 0) is 39.3 Å². The Kier molecular flexibility index (Phi) is 4.45. The summed E-state index contributed by atoms with van der Waals surface area (Å²) in [4.78, 5) is 14.1. The highest BCUT2D eigenvalue weighted by Gasteiger charge is 2.45. The third-order valence-corrected chi connectivity index (χ3v) is 4.03. The Balaban J connectivity index is 2.36. The number of carbonyl (C=O) groups is 1. The molecule has 110 valence electrons. The lowest BCUT2D eigenvalue weighted by molar-refractivity contribution is -0.146. The molecule has 1 aliphatic rings. The first-order valence-corrected chi connectivity index (χ1v) is 7.22. The van der Waals surface area contributed by atoms with Gasteiger partial charge in [0.15, 0.2) is 5.54 Å². The number of nitrogens with one attached hydrogen (secondary N) is 1. The molecule has 2 rings (SSSR count). The predicted octanol–water partition coefficient (Wildman–Crippen LogP) is 2.06. The van der Waals surface area contributed by atoms with Crippen LogP contribution in [-0.2, 0) is 10.3 Å². The van der Waals surface area contributed by atoms with E-state index in [9.17, 15) is 9.90 Å². The fourth-order valence-electron chi connectivity index (χ4n) is 2.33. The molecule has 1 aromatic rings. The summed E-state index contributed by atoms with van der Waals surface area (Å²) in [6, 6.07) is 10.1. The van der Waals surface area contributed by atoms with Crippen molar-refractivity contribution in [2.45, 2.75) is 44.3 Å². The topological polar surface area (TPSA) is 52.6 Å². The minimum absolute atomic E-state index is 0.304. The maximum absolute atomic E-state index is 12.1. The van der Waals surface area contributed by atoms with E-state index in [1.807, 2.05) is 37.4 Å². The molecule has 0 aromatic heterocycles. The highest BCUT2D eigenvalue weighted by molar-refractivity contribution is 5.81. The quantitative estimate of drug-likeness (QED) is 0.800. The van der Waals surface area contributed by atoms with E-state index in [-0.39, 0.29) is 0 Å². The first-order valence-electron chi connectivity index (χ1n) is 7.22. The van der Waals surface area contributed by atoms with Gasteiger partial charge in [-0.15, -0.1) is 0 Å². The summed E-state index contributed by atoms with van der Waals surface area (Å²) in [6.07, 6.45) is 2.13. The van der Waals surface area contributed by atoms with Crippen molar-refractivity contribution in [2.24, 2.45) is 0 Å². The van der Waals surface area contributed by atoms with Gasteiger partial charge in [0.05, 0.1) is 0 Å². The van der Waals surface area contributed by atoms with Gasteiger partial charge in [-0.25, -0.2) is 4.79 Å². The lowest BCUT2D eigenvalue weighted by atomic mass is 9.88. The summed E-state index contributed by atoms with van der Waals surface area (Å²) < 4.78 is 0. The van der Waals surface area contributed by atoms with Gasteiger partial charge in [-0.3, -0.25) is 5.32 Å². The van der Waals surface area contributed by atoms with Gasteiger partial charge in [-0.2, -0.15) is 0 Å². The lowest BCUT2D eigenvalue weighted by Crippen LogP contribution is -2.57. The van der Waals surface area contributed by atoms with Crippen molar-refractivity contribution in [3.8, 4) is 0 Å². The zero-order valence-corrected chi connectivity index (χ0v) is 12.5. The maximum atomic E-state index is 12.1. The maximum Gasteiger partial charge on any atom is 0.329 e. The van der Waals surface area contributed by atoms with Crippen LogP contribution in [0.5, 0.6) is 0 Å². The van der Waals surface area contributed by atoms with Crippen LogP contribution in [0, 0.1) is 0 Å². The Hall–Kier alpha value is -1.39. The molecule has 1 atom stereocenters.